The Balaban J connectivity index is 2.16. The van der Waals surface area contributed by atoms with E-state index in [1.807, 2.05) is 26.8 Å². The lowest BCUT2D eigenvalue weighted by molar-refractivity contribution is 0.0813. The topological polar surface area (TPSA) is 75.4 Å². The van der Waals surface area contributed by atoms with Crippen LogP contribution in [-0.2, 0) is 22.8 Å². The van der Waals surface area contributed by atoms with Crippen LogP contribution in [0, 0.1) is 0 Å². The Bertz CT molecular complexity index is 783. The van der Waals surface area contributed by atoms with Crippen molar-refractivity contribution in [3.8, 4) is 0 Å². The van der Waals surface area contributed by atoms with E-state index in [1.165, 1.54) is 0 Å². The van der Waals surface area contributed by atoms with Gasteiger partial charge in [0.25, 0.3) is 0 Å². The van der Waals surface area contributed by atoms with Gasteiger partial charge in [0.15, 0.2) is 5.65 Å². The van der Waals surface area contributed by atoms with Crippen LogP contribution in [0.4, 0.5) is 0 Å². The molecule has 9 heteroatoms. The molecule has 0 aliphatic heterocycles. The fraction of sp³-hybridized carbons (Fsp3) is 0.588. The lowest BCUT2D eigenvalue weighted by atomic mass is 10.3. The number of aromatic nitrogens is 3. The molecule has 2 aromatic heterocycles. The van der Waals surface area contributed by atoms with Gasteiger partial charge >= 0.3 is 0 Å². The summed E-state index contributed by atoms with van der Waals surface area (Å²) in [6.45, 7) is 13.7. The number of halogens is 1. The highest BCUT2D eigenvalue weighted by molar-refractivity contribution is 9.10. The minimum absolute atomic E-state index is 0.368. The molecule has 0 aliphatic rings. The van der Waals surface area contributed by atoms with Crippen LogP contribution in [0.15, 0.2) is 21.1 Å². The molecule has 1 unspecified atom stereocenters. The third-order valence-electron chi connectivity index (χ3n) is 3.60. The summed E-state index contributed by atoms with van der Waals surface area (Å²) in [6.07, 6.45) is 3.32. The van der Waals surface area contributed by atoms with Crippen LogP contribution < -0.4 is 0 Å². The summed E-state index contributed by atoms with van der Waals surface area (Å²) in [7, 11) is -1.11. The molecule has 6 nitrogen and oxygen atoms in total. The zero-order valence-electron chi connectivity index (χ0n) is 16.2. The zero-order chi connectivity index (χ0) is 19.5. The van der Waals surface area contributed by atoms with Crippen molar-refractivity contribution < 1.29 is 9.29 Å². The second kappa shape index (κ2) is 8.51. The average molecular weight is 459 g/mol. The molecule has 0 N–H and O–H groups in total. The van der Waals surface area contributed by atoms with Gasteiger partial charge in [-0.25, -0.2) is 9.67 Å². The fourth-order valence-electron chi connectivity index (χ4n) is 1.97. The van der Waals surface area contributed by atoms with E-state index >= 15 is 0 Å². The van der Waals surface area contributed by atoms with E-state index in [9.17, 15) is 4.55 Å². The molecule has 0 spiro atoms. The van der Waals surface area contributed by atoms with Crippen molar-refractivity contribution in [3.05, 3.63) is 22.4 Å². The molecule has 0 bridgehead atoms. The van der Waals surface area contributed by atoms with Gasteiger partial charge in [-0.1, -0.05) is 24.0 Å². The largest absolute Gasteiger partial charge is 0.591 e. The predicted octanol–water partition coefficient (Wildman–Crippen LogP) is 4.39. The van der Waals surface area contributed by atoms with Gasteiger partial charge in [0.1, 0.15) is 34.7 Å². The molecular weight excluding hydrogens is 432 g/mol. The first kappa shape index (κ1) is 21.6. The third kappa shape index (κ3) is 6.16. The van der Waals surface area contributed by atoms with Crippen LogP contribution in [0.3, 0.4) is 0 Å². The Morgan fingerprint density at radius 3 is 2.69 bits per heavy atom. The second-order valence-corrected chi connectivity index (χ2v) is 16.8. The fourth-order valence-corrected chi connectivity index (χ4v) is 3.67. The first-order valence-electron chi connectivity index (χ1n) is 8.53. The summed E-state index contributed by atoms with van der Waals surface area (Å²) in [5.74, 6) is 0. The van der Waals surface area contributed by atoms with Gasteiger partial charge in [-0.15, -0.1) is 0 Å². The van der Waals surface area contributed by atoms with Gasteiger partial charge in [-0.2, -0.15) is 5.10 Å². The Morgan fingerprint density at radius 1 is 1.38 bits per heavy atom. The SMILES string of the molecule is CC(C)(C)[S+]([O-])/N=C/c1nc2c(cnn2COCC[Si](C)(C)C)cc1Br. The van der Waals surface area contributed by atoms with Gasteiger partial charge in [0.2, 0.25) is 0 Å². The molecule has 0 aromatic carbocycles. The molecule has 0 saturated heterocycles. The van der Waals surface area contributed by atoms with Gasteiger partial charge in [0.05, 0.1) is 6.20 Å². The molecular formula is C17H27BrN4O2SSi. The van der Waals surface area contributed by atoms with E-state index in [0.717, 1.165) is 28.2 Å². The van der Waals surface area contributed by atoms with Crippen LogP contribution in [0.2, 0.25) is 25.7 Å². The smallest absolute Gasteiger partial charge is 0.160 e. The van der Waals surface area contributed by atoms with Crippen molar-refractivity contribution in [2.75, 3.05) is 6.61 Å². The van der Waals surface area contributed by atoms with Crippen molar-refractivity contribution in [3.63, 3.8) is 0 Å². The maximum absolute atomic E-state index is 12.1. The summed E-state index contributed by atoms with van der Waals surface area (Å²) in [4.78, 5) is 4.61. The highest BCUT2D eigenvalue weighted by Crippen LogP contribution is 2.22. The first-order valence-corrected chi connectivity index (χ1v) is 14.1. The lowest BCUT2D eigenvalue weighted by Gasteiger charge is -2.17. The molecule has 2 heterocycles. The van der Waals surface area contributed by atoms with E-state index in [-0.39, 0.29) is 0 Å². The standard InChI is InChI=1S/C17H27BrN4O2SSi/c1-17(2,3)25(23)20-11-15-14(18)9-13-10-19-22(16(13)21-15)12-24-7-8-26(4,5)6/h9-11H,7-8,12H2,1-6H3/b20-11+. The highest BCUT2D eigenvalue weighted by Gasteiger charge is 2.26. The predicted molar refractivity (Wildman–Crippen MR) is 115 cm³/mol. The summed E-state index contributed by atoms with van der Waals surface area (Å²) in [5, 5.41) is 5.28. The molecule has 0 aliphatic carbocycles. The molecule has 0 radical (unpaired) electrons. The molecule has 2 rings (SSSR count). The lowest BCUT2D eigenvalue weighted by Crippen LogP contribution is -2.25. The Labute approximate surface area is 167 Å². The van der Waals surface area contributed by atoms with E-state index in [0.29, 0.717) is 12.4 Å². The Morgan fingerprint density at radius 2 is 2.08 bits per heavy atom. The van der Waals surface area contributed by atoms with Gasteiger partial charge < -0.3 is 9.29 Å². The number of rotatable bonds is 7. The quantitative estimate of drug-likeness (QED) is 0.266. The van der Waals surface area contributed by atoms with E-state index < -0.39 is 24.2 Å². The molecule has 26 heavy (non-hydrogen) atoms. The van der Waals surface area contributed by atoms with Gasteiger partial charge in [0, 0.05) is 24.5 Å². The van der Waals surface area contributed by atoms with E-state index in [1.54, 1.807) is 17.1 Å². The number of hydrogen-bond donors (Lipinski definition) is 0. The van der Waals surface area contributed by atoms with Crippen LogP contribution >= 0.6 is 15.9 Å². The molecule has 144 valence electrons. The number of nitrogens with zero attached hydrogens (tertiary/aromatic N) is 4. The number of ether oxygens (including phenoxy) is 1. The monoisotopic (exact) mass is 458 g/mol. The summed E-state index contributed by atoms with van der Waals surface area (Å²) in [5.41, 5.74) is 1.35. The summed E-state index contributed by atoms with van der Waals surface area (Å²) in [6, 6.07) is 3.05. The van der Waals surface area contributed by atoms with Gasteiger partial charge in [-0.05, 0) is 48.8 Å². The Hall–Kier alpha value is -0.743. The third-order valence-corrected chi connectivity index (χ3v) is 7.28. The molecule has 1 atom stereocenters. The number of hydrogen-bond acceptors (Lipinski definition) is 5. The normalized spacial score (nSPS) is 14.5. The number of fused-ring (bicyclic) bond motifs is 1. The van der Waals surface area contributed by atoms with Crippen LogP contribution in [0.5, 0.6) is 0 Å². The minimum atomic E-state index is -1.32. The van der Waals surface area contributed by atoms with Crippen molar-refractivity contribution in [1.29, 1.82) is 0 Å². The van der Waals surface area contributed by atoms with Crippen LogP contribution in [-0.4, -0.2) is 45.0 Å². The summed E-state index contributed by atoms with van der Waals surface area (Å²) < 4.78 is 24.2. The second-order valence-electron chi connectivity index (χ2n) is 8.36. The Kier molecular flexibility index (Phi) is 7.06. The molecule has 0 fully saturated rings. The number of pyridine rings is 1. The van der Waals surface area contributed by atoms with Crippen molar-refractivity contribution in [2.45, 2.75) is 57.9 Å². The van der Waals surface area contributed by atoms with Gasteiger partial charge in [-0.3, -0.25) is 0 Å². The van der Waals surface area contributed by atoms with Crippen LogP contribution in [0.25, 0.3) is 11.0 Å². The zero-order valence-corrected chi connectivity index (χ0v) is 19.6. The molecule has 2 aromatic rings. The maximum Gasteiger partial charge on any atom is 0.160 e. The molecule has 0 amide bonds. The first-order chi connectivity index (χ1) is 12.0. The van der Waals surface area contributed by atoms with Crippen molar-refractivity contribution in [1.82, 2.24) is 14.8 Å². The van der Waals surface area contributed by atoms with Crippen molar-refractivity contribution >= 4 is 52.6 Å². The molecule has 0 saturated carbocycles. The highest BCUT2D eigenvalue weighted by atomic mass is 79.9. The van der Waals surface area contributed by atoms with Crippen molar-refractivity contribution in [2.24, 2.45) is 4.40 Å². The minimum Gasteiger partial charge on any atom is -0.591 e. The summed E-state index contributed by atoms with van der Waals surface area (Å²) >= 11 is 2.17. The van der Waals surface area contributed by atoms with E-state index in [4.69, 9.17) is 4.74 Å². The van der Waals surface area contributed by atoms with E-state index in [2.05, 4.69) is 50.1 Å². The van der Waals surface area contributed by atoms with Crippen LogP contribution in [0.1, 0.15) is 26.5 Å². The average Bonchev–Trinajstić information content (AvgIpc) is 2.89. The maximum atomic E-state index is 12.1.